The Kier molecular flexibility index (Phi) is 5.03. The van der Waals surface area contributed by atoms with Gasteiger partial charge in [0.05, 0.1) is 0 Å². The third kappa shape index (κ3) is 3.39. The van der Waals surface area contributed by atoms with Gasteiger partial charge in [-0.05, 0) is 12.8 Å². The minimum absolute atomic E-state index is 0.0236. The number of carbonyl (C=O) groups is 2. The predicted molar refractivity (Wildman–Crippen MR) is 82.8 cm³/mol. The zero-order chi connectivity index (χ0) is 16.3. The second-order valence-corrected chi connectivity index (χ2v) is 6.32. The summed E-state index contributed by atoms with van der Waals surface area (Å²) in [6.07, 6.45) is 1.08. The van der Waals surface area contributed by atoms with Crippen molar-refractivity contribution in [1.82, 2.24) is 14.8 Å². The van der Waals surface area contributed by atoms with E-state index in [0.29, 0.717) is 28.6 Å². The van der Waals surface area contributed by atoms with Crippen LogP contribution in [0.2, 0.25) is 0 Å². The predicted octanol–water partition coefficient (Wildman–Crippen LogP) is 1.22. The summed E-state index contributed by atoms with van der Waals surface area (Å²) in [5, 5.41) is 20.5. The molecule has 0 aliphatic heterocycles. The maximum atomic E-state index is 12.0. The Balaban J connectivity index is 2.18. The Hall–Kier alpha value is -2.07. The van der Waals surface area contributed by atoms with Gasteiger partial charge in [0.25, 0.3) is 0 Å². The van der Waals surface area contributed by atoms with Crippen molar-refractivity contribution >= 4 is 39.7 Å². The Bertz CT molecular complexity index is 762. The number of carboxylic acid groups (broad SMARTS) is 1. The zero-order valence-corrected chi connectivity index (χ0v) is 13.6. The topological polar surface area (TPSA) is 114 Å². The quantitative estimate of drug-likeness (QED) is 0.816. The van der Waals surface area contributed by atoms with E-state index in [4.69, 9.17) is 5.11 Å². The smallest absolute Gasteiger partial charge is 0.347 e. The van der Waals surface area contributed by atoms with E-state index in [1.807, 2.05) is 6.92 Å². The molecule has 10 heteroatoms. The summed E-state index contributed by atoms with van der Waals surface area (Å²) in [7, 11) is 0. The lowest BCUT2D eigenvalue weighted by atomic mass is 10.3. The first-order chi connectivity index (χ1) is 10.5. The number of aromatic carboxylic acids is 1. The molecule has 2 aromatic rings. The highest BCUT2D eigenvalue weighted by Crippen LogP contribution is 2.16. The van der Waals surface area contributed by atoms with Crippen molar-refractivity contribution in [3.63, 3.8) is 0 Å². The average molecular weight is 342 g/mol. The molecule has 0 spiro atoms. The summed E-state index contributed by atoms with van der Waals surface area (Å²) < 4.78 is 1.19. The number of aromatic nitrogens is 3. The Labute approximate surface area is 133 Å². The molecule has 0 aliphatic carbocycles. The van der Waals surface area contributed by atoms with Gasteiger partial charge in [0, 0.05) is 5.69 Å². The van der Waals surface area contributed by atoms with Gasteiger partial charge in [0.15, 0.2) is 0 Å². The number of nitrogens with one attached hydrogen (secondary N) is 1. The number of hydrogen-bond acceptors (Lipinski definition) is 7. The second kappa shape index (κ2) is 6.79. The molecule has 0 bridgehead atoms. The van der Waals surface area contributed by atoms with Crippen molar-refractivity contribution < 1.29 is 14.7 Å². The van der Waals surface area contributed by atoms with E-state index < -0.39 is 16.7 Å². The van der Waals surface area contributed by atoms with Gasteiger partial charge in [-0.2, -0.15) is 0 Å². The fourth-order valence-corrected chi connectivity index (χ4v) is 3.48. The summed E-state index contributed by atoms with van der Waals surface area (Å²) in [6.45, 7) is 3.42. The van der Waals surface area contributed by atoms with Crippen LogP contribution in [0.4, 0.5) is 5.13 Å². The monoisotopic (exact) mass is 342 g/mol. The lowest BCUT2D eigenvalue weighted by molar-refractivity contribution is -0.116. The number of rotatable bonds is 6. The van der Waals surface area contributed by atoms with Crippen LogP contribution < -0.4 is 10.2 Å². The van der Waals surface area contributed by atoms with Crippen LogP contribution >= 0.6 is 22.7 Å². The van der Waals surface area contributed by atoms with Crippen LogP contribution in [0.25, 0.3) is 0 Å². The van der Waals surface area contributed by atoms with E-state index in [-0.39, 0.29) is 11.4 Å². The lowest BCUT2D eigenvalue weighted by Crippen LogP contribution is -2.26. The van der Waals surface area contributed by atoms with Gasteiger partial charge < -0.3 is 5.11 Å². The van der Waals surface area contributed by atoms with E-state index in [1.165, 1.54) is 15.9 Å². The van der Waals surface area contributed by atoms with Crippen LogP contribution in [0, 0.1) is 0 Å². The second-order valence-electron chi connectivity index (χ2n) is 4.29. The van der Waals surface area contributed by atoms with Gasteiger partial charge in [0.1, 0.15) is 16.4 Å². The van der Waals surface area contributed by atoms with Crippen molar-refractivity contribution in [3.05, 3.63) is 25.2 Å². The van der Waals surface area contributed by atoms with E-state index in [9.17, 15) is 14.4 Å². The van der Waals surface area contributed by atoms with Crippen LogP contribution in [0.5, 0.6) is 0 Å². The van der Waals surface area contributed by atoms with Crippen LogP contribution in [0.15, 0.2) is 4.79 Å². The van der Waals surface area contributed by atoms with Crippen molar-refractivity contribution in [2.75, 3.05) is 5.32 Å². The highest BCUT2D eigenvalue weighted by molar-refractivity contribution is 7.15. The molecule has 0 aromatic carbocycles. The molecule has 2 heterocycles. The van der Waals surface area contributed by atoms with Gasteiger partial charge in [-0.25, -0.2) is 4.79 Å². The van der Waals surface area contributed by atoms with Crippen LogP contribution in [0.1, 0.15) is 34.2 Å². The molecule has 0 radical (unpaired) electrons. The number of hydrogen-bond donors (Lipinski definition) is 2. The molecule has 8 nitrogen and oxygen atoms in total. The standard InChI is InChI=1S/C12H14N4O4S2/c1-3-6-9(10(18)19)22-12(20)16(6)5-7(17)13-11-15-14-8(4-2)21-11/h3-5H2,1-2H3,(H,18,19)(H,13,15,17). The summed E-state index contributed by atoms with van der Waals surface area (Å²) in [5.41, 5.74) is 0.351. The first-order valence-electron chi connectivity index (χ1n) is 6.54. The summed E-state index contributed by atoms with van der Waals surface area (Å²) in [6, 6.07) is 0. The molecular weight excluding hydrogens is 328 g/mol. The summed E-state index contributed by atoms with van der Waals surface area (Å²) >= 11 is 1.90. The zero-order valence-electron chi connectivity index (χ0n) is 12.0. The fraction of sp³-hybridized carbons (Fsp3) is 0.417. The Morgan fingerprint density at radius 2 is 1.95 bits per heavy atom. The lowest BCUT2D eigenvalue weighted by Gasteiger charge is -2.06. The minimum atomic E-state index is -1.16. The van der Waals surface area contributed by atoms with E-state index in [0.717, 1.165) is 11.4 Å². The highest BCUT2D eigenvalue weighted by Gasteiger charge is 2.20. The molecule has 0 atom stereocenters. The Morgan fingerprint density at radius 1 is 1.23 bits per heavy atom. The van der Waals surface area contributed by atoms with Crippen molar-refractivity contribution in [2.24, 2.45) is 0 Å². The summed E-state index contributed by atoms with van der Waals surface area (Å²) in [4.78, 5) is 34.5. The van der Waals surface area contributed by atoms with Crippen molar-refractivity contribution in [1.29, 1.82) is 0 Å². The number of carboxylic acids is 1. The Morgan fingerprint density at radius 3 is 2.50 bits per heavy atom. The normalized spacial score (nSPS) is 10.6. The number of thiazole rings is 1. The fourth-order valence-electron chi connectivity index (χ4n) is 1.86. The van der Waals surface area contributed by atoms with E-state index in [2.05, 4.69) is 15.5 Å². The molecule has 2 aromatic heterocycles. The van der Waals surface area contributed by atoms with Gasteiger partial charge in [0.2, 0.25) is 11.0 Å². The molecule has 22 heavy (non-hydrogen) atoms. The number of nitrogens with zero attached hydrogens (tertiary/aromatic N) is 3. The SMILES string of the molecule is CCc1nnc(NC(=O)Cn2c(CC)c(C(=O)O)sc2=O)s1. The number of aryl methyl sites for hydroxylation is 1. The van der Waals surface area contributed by atoms with Crippen LogP contribution in [-0.2, 0) is 24.2 Å². The average Bonchev–Trinajstić information content (AvgIpc) is 3.04. The van der Waals surface area contributed by atoms with Crippen molar-refractivity contribution in [3.8, 4) is 0 Å². The molecule has 0 aliphatic rings. The number of carbonyl (C=O) groups excluding carboxylic acids is 1. The molecule has 118 valence electrons. The maximum Gasteiger partial charge on any atom is 0.347 e. The highest BCUT2D eigenvalue weighted by atomic mass is 32.1. The summed E-state index contributed by atoms with van der Waals surface area (Å²) in [5.74, 6) is -1.60. The third-order valence-corrected chi connectivity index (χ3v) is 4.84. The molecule has 2 N–H and O–H groups in total. The molecule has 2 rings (SSSR count). The number of amides is 1. The molecule has 0 saturated carbocycles. The number of anilines is 1. The molecule has 0 unspecified atom stereocenters. The maximum absolute atomic E-state index is 12.0. The van der Waals surface area contributed by atoms with Crippen molar-refractivity contribution in [2.45, 2.75) is 33.2 Å². The molecule has 0 saturated heterocycles. The van der Waals surface area contributed by atoms with Gasteiger partial charge in [-0.1, -0.05) is 36.5 Å². The van der Waals surface area contributed by atoms with Gasteiger partial charge >= 0.3 is 10.8 Å². The molecular formula is C12H14N4O4S2. The first-order valence-corrected chi connectivity index (χ1v) is 8.17. The molecule has 0 fully saturated rings. The largest absolute Gasteiger partial charge is 0.477 e. The molecule has 1 amide bonds. The minimum Gasteiger partial charge on any atom is -0.477 e. The third-order valence-electron chi connectivity index (χ3n) is 2.84. The van der Waals surface area contributed by atoms with Gasteiger partial charge in [-0.15, -0.1) is 10.2 Å². The van der Waals surface area contributed by atoms with E-state index >= 15 is 0 Å². The first kappa shape index (κ1) is 16.3. The van der Waals surface area contributed by atoms with E-state index in [1.54, 1.807) is 6.92 Å². The van der Waals surface area contributed by atoms with Gasteiger partial charge in [-0.3, -0.25) is 19.5 Å². The van der Waals surface area contributed by atoms with Crippen LogP contribution in [-0.4, -0.2) is 31.7 Å². The van der Waals surface area contributed by atoms with Crippen LogP contribution in [0.3, 0.4) is 0 Å².